The molecule has 1 aromatic heterocycles. The van der Waals surface area contributed by atoms with E-state index in [1.165, 1.54) is 0 Å². The smallest absolute Gasteiger partial charge is 0.224 e. The molecule has 0 aromatic carbocycles. The molecule has 0 fully saturated rings. The van der Waals surface area contributed by atoms with Crippen molar-refractivity contribution in [2.45, 2.75) is 19.8 Å². The van der Waals surface area contributed by atoms with Crippen LogP contribution in [-0.4, -0.2) is 9.97 Å². The fourth-order valence-electron chi connectivity index (χ4n) is 0.805. The molecule has 1 heterocycles. The van der Waals surface area contributed by atoms with Gasteiger partial charge in [-0.1, -0.05) is 13.8 Å². The molecule has 0 unspecified atom stereocenters. The number of nitrogens with two attached hydrogens (primary N) is 1. The molecule has 0 spiro atoms. The summed E-state index contributed by atoms with van der Waals surface area (Å²) in [6.07, 6.45) is 0. The lowest BCUT2D eigenvalue weighted by Crippen LogP contribution is -2.10. The third kappa shape index (κ3) is 2.06. The molecule has 0 aliphatic carbocycles. The Balaban J connectivity index is 3.06. The van der Waals surface area contributed by atoms with Crippen molar-refractivity contribution in [2.24, 2.45) is 5.84 Å². The van der Waals surface area contributed by atoms with Gasteiger partial charge in [-0.15, -0.1) is 0 Å². The van der Waals surface area contributed by atoms with Crippen molar-refractivity contribution in [3.63, 3.8) is 0 Å². The van der Waals surface area contributed by atoms with Gasteiger partial charge in [-0.3, -0.25) is 0 Å². The Labute approximate surface area is 76.1 Å². The third-order valence-corrected chi connectivity index (χ3v) is 1.63. The van der Waals surface area contributed by atoms with Crippen LogP contribution in [0.15, 0.2) is 6.07 Å². The molecule has 1 aromatic rings. The first-order chi connectivity index (χ1) is 5.63. The van der Waals surface area contributed by atoms with Crippen molar-refractivity contribution >= 4 is 17.4 Å². The molecule has 0 saturated heterocycles. The van der Waals surface area contributed by atoms with E-state index in [0.29, 0.717) is 11.7 Å². The average Bonchev–Trinajstić information content (AvgIpc) is 2.03. The maximum atomic E-state index is 5.66. The Hall–Kier alpha value is -0.870. The molecule has 1 rings (SSSR count). The number of hydrazine groups is 1. The van der Waals surface area contributed by atoms with E-state index in [1.54, 1.807) is 6.07 Å². The normalized spacial score (nSPS) is 10.4. The zero-order valence-electron chi connectivity index (χ0n) is 7.00. The predicted octanol–water partition coefficient (Wildman–Crippen LogP) is 1.54. The van der Waals surface area contributed by atoms with Gasteiger partial charge in [-0.2, -0.15) is 4.98 Å². The lowest BCUT2D eigenvalue weighted by Gasteiger charge is -2.06. The zero-order chi connectivity index (χ0) is 9.14. The highest BCUT2D eigenvalue weighted by molar-refractivity contribution is 6.28. The SMILES string of the molecule is CC(C)c1cc(NN)nc(Cl)n1. The Morgan fingerprint density at radius 2 is 2.17 bits per heavy atom. The lowest BCUT2D eigenvalue weighted by atomic mass is 10.1. The lowest BCUT2D eigenvalue weighted by molar-refractivity contribution is 0.814. The van der Waals surface area contributed by atoms with Crippen LogP contribution in [0.25, 0.3) is 0 Å². The van der Waals surface area contributed by atoms with Crippen molar-refractivity contribution in [3.05, 3.63) is 17.0 Å². The topological polar surface area (TPSA) is 63.8 Å². The molecule has 12 heavy (non-hydrogen) atoms. The summed E-state index contributed by atoms with van der Waals surface area (Å²) in [4.78, 5) is 7.89. The van der Waals surface area contributed by atoms with Crippen molar-refractivity contribution in [3.8, 4) is 0 Å². The fourth-order valence-corrected chi connectivity index (χ4v) is 0.994. The largest absolute Gasteiger partial charge is 0.308 e. The number of aromatic nitrogens is 2. The number of hydrogen-bond donors (Lipinski definition) is 2. The Morgan fingerprint density at radius 3 is 2.67 bits per heavy atom. The Kier molecular flexibility index (Phi) is 2.83. The minimum atomic E-state index is 0.217. The van der Waals surface area contributed by atoms with Gasteiger partial charge in [0.05, 0.1) is 5.69 Å². The van der Waals surface area contributed by atoms with Crippen LogP contribution in [0.5, 0.6) is 0 Å². The fraction of sp³-hybridized carbons (Fsp3) is 0.429. The number of nitrogens with one attached hydrogen (secondary N) is 1. The van der Waals surface area contributed by atoms with Crippen molar-refractivity contribution in [2.75, 3.05) is 5.43 Å². The molecular weight excluding hydrogens is 176 g/mol. The van der Waals surface area contributed by atoms with E-state index in [1.807, 2.05) is 13.8 Å². The Bertz CT molecular complexity index is 274. The monoisotopic (exact) mass is 186 g/mol. The maximum absolute atomic E-state index is 5.66. The summed E-state index contributed by atoms with van der Waals surface area (Å²) < 4.78 is 0. The Morgan fingerprint density at radius 1 is 1.50 bits per heavy atom. The first kappa shape index (κ1) is 9.22. The highest BCUT2D eigenvalue weighted by Gasteiger charge is 2.04. The summed E-state index contributed by atoms with van der Waals surface area (Å²) in [6.45, 7) is 4.05. The highest BCUT2D eigenvalue weighted by atomic mass is 35.5. The summed E-state index contributed by atoms with van der Waals surface area (Å²) in [5.41, 5.74) is 3.31. The molecule has 0 bridgehead atoms. The number of halogens is 1. The molecule has 0 aliphatic heterocycles. The quantitative estimate of drug-likeness (QED) is 0.418. The summed E-state index contributed by atoms with van der Waals surface area (Å²) in [7, 11) is 0. The molecule has 0 saturated carbocycles. The number of rotatable bonds is 2. The van der Waals surface area contributed by atoms with Crippen molar-refractivity contribution < 1.29 is 0 Å². The third-order valence-electron chi connectivity index (χ3n) is 1.46. The minimum Gasteiger partial charge on any atom is -0.308 e. The summed E-state index contributed by atoms with van der Waals surface area (Å²) in [5, 5.41) is 0.217. The number of anilines is 1. The molecule has 0 atom stereocenters. The predicted molar refractivity (Wildman–Crippen MR) is 48.9 cm³/mol. The van der Waals surface area contributed by atoms with Gasteiger partial charge in [0.15, 0.2) is 0 Å². The number of nitrogen functional groups attached to an aromatic ring is 1. The van der Waals surface area contributed by atoms with Gasteiger partial charge >= 0.3 is 0 Å². The van der Waals surface area contributed by atoms with Crippen LogP contribution in [0.4, 0.5) is 5.82 Å². The van der Waals surface area contributed by atoms with Gasteiger partial charge in [0.25, 0.3) is 0 Å². The van der Waals surface area contributed by atoms with E-state index in [4.69, 9.17) is 17.4 Å². The van der Waals surface area contributed by atoms with E-state index in [2.05, 4.69) is 15.4 Å². The summed E-state index contributed by atoms with van der Waals surface area (Å²) in [5.74, 6) is 6.05. The number of nitrogens with zero attached hydrogens (tertiary/aromatic N) is 2. The van der Waals surface area contributed by atoms with Gasteiger partial charge in [0.1, 0.15) is 5.82 Å². The summed E-state index contributed by atoms with van der Waals surface area (Å²) in [6, 6.07) is 1.77. The van der Waals surface area contributed by atoms with Crippen LogP contribution < -0.4 is 11.3 Å². The first-order valence-corrected chi connectivity index (χ1v) is 4.02. The van der Waals surface area contributed by atoms with Gasteiger partial charge in [-0.05, 0) is 17.5 Å². The van der Waals surface area contributed by atoms with Gasteiger partial charge in [0.2, 0.25) is 5.28 Å². The molecule has 66 valence electrons. The first-order valence-electron chi connectivity index (χ1n) is 3.64. The highest BCUT2D eigenvalue weighted by Crippen LogP contribution is 2.16. The number of hydrogen-bond acceptors (Lipinski definition) is 4. The van der Waals surface area contributed by atoms with E-state index in [-0.39, 0.29) is 5.28 Å². The van der Waals surface area contributed by atoms with Gasteiger partial charge < -0.3 is 5.43 Å². The standard InChI is InChI=1S/C7H11ClN4/c1-4(2)5-3-6(12-9)11-7(8)10-5/h3-4H,9H2,1-2H3,(H,10,11,12). The van der Waals surface area contributed by atoms with Crippen LogP contribution in [0, 0.1) is 0 Å². The van der Waals surface area contributed by atoms with Crippen molar-refractivity contribution in [1.29, 1.82) is 0 Å². The average molecular weight is 187 g/mol. The summed E-state index contributed by atoms with van der Waals surface area (Å²) >= 11 is 5.66. The minimum absolute atomic E-state index is 0.217. The molecule has 0 aliphatic rings. The van der Waals surface area contributed by atoms with Crippen LogP contribution in [0.1, 0.15) is 25.5 Å². The van der Waals surface area contributed by atoms with Gasteiger partial charge in [0, 0.05) is 6.07 Å². The van der Waals surface area contributed by atoms with Gasteiger partial charge in [-0.25, -0.2) is 10.8 Å². The second-order valence-corrected chi connectivity index (χ2v) is 3.08. The molecule has 3 N–H and O–H groups in total. The van der Waals surface area contributed by atoms with Crippen LogP contribution in [0.3, 0.4) is 0 Å². The molecule has 4 nitrogen and oxygen atoms in total. The zero-order valence-corrected chi connectivity index (χ0v) is 7.76. The van der Waals surface area contributed by atoms with E-state index in [0.717, 1.165) is 5.69 Å². The van der Waals surface area contributed by atoms with E-state index >= 15 is 0 Å². The molecule has 5 heteroatoms. The van der Waals surface area contributed by atoms with Crippen LogP contribution in [-0.2, 0) is 0 Å². The second kappa shape index (κ2) is 3.69. The van der Waals surface area contributed by atoms with E-state index < -0.39 is 0 Å². The maximum Gasteiger partial charge on any atom is 0.224 e. The molecular formula is C7H11ClN4. The molecule has 0 radical (unpaired) electrons. The van der Waals surface area contributed by atoms with Crippen LogP contribution >= 0.6 is 11.6 Å². The van der Waals surface area contributed by atoms with E-state index in [9.17, 15) is 0 Å². The van der Waals surface area contributed by atoms with Crippen LogP contribution in [0.2, 0.25) is 5.28 Å². The van der Waals surface area contributed by atoms with Crippen molar-refractivity contribution in [1.82, 2.24) is 9.97 Å². The molecule has 0 amide bonds. The second-order valence-electron chi connectivity index (χ2n) is 2.75.